The molecule has 4 rings (SSSR count). The molecule has 7 unspecified atom stereocenters. The maximum Gasteiger partial charge on any atom is 0.0653 e. The first-order valence-electron chi connectivity index (χ1n) is 9.63. The molecule has 21 heavy (non-hydrogen) atoms. The molecule has 0 amide bonds. The summed E-state index contributed by atoms with van der Waals surface area (Å²) in [7, 11) is 2.38. The summed E-state index contributed by atoms with van der Waals surface area (Å²) in [6, 6.07) is 1.56. The summed E-state index contributed by atoms with van der Waals surface area (Å²) in [4.78, 5) is 2.70. The molecule has 120 valence electrons. The molecule has 2 saturated heterocycles. The SMILES string of the molecule is CC1CCCC(C2CCCC3C4CCCCC4OC32)N1C. The Bertz CT molecular complexity index is 371. The van der Waals surface area contributed by atoms with Gasteiger partial charge in [-0.05, 0) is 64.3 Å². The highest BCUT2D eigenvalue weighted by atomic mass is 16.5. The van der Waals surface area contributed by atoms with Crippen molar-refractivity contribution in [2.75, 3.05) is 7.05 Å². The van der Waals surface area contributed by atoms with E-state index in [-0.39, 0.29) is 0 Å². The van der Waals surface area contributed by atoms with Crippen LogP contribution in [-0.2, 0) is 4.74 Å². The average Bonchev–Trinajstić information content (AvgIpc) is 2.89. The third-order valence-corrected chi connectivity index (χ3v) is 7.39. The van der Waals surface area contributed by atoms with Gasteiger partial charge in [0.15, 0.2) is 0 Å². The summed E-state index contributed by atoms with van der Waals surface area (Å²) in [6.45, 7) is 2.42. The van der Waals surface area contributed by atoms with Crippen LogP contribution in [0.2, 0.25) is 0 Å². The molecule has 2 heteroatoms. The Morgan fingerprint density at radius 3 is 2.38 bits per heavy atom. The van der Waals surface area contributed by atoms with E-state index in [4.69, 9.17) is 4.74 Å². The maximum atomic E-state index is 6.69. The highest BCUT2D eigenvalue weighted by Crippen LogP contribution is 2.51. The quantitative estimate of drug-likeness (QED) is 0.717. The minimum Gasteiger partial charge on any atom is -0.374 e. The van der Waals surface area contributed by atoms with E-state index in [0.717, 1.165) is 29.8 Å². The number of piperidine rings is 1. The molecule has 0 N–H and O–H groups in total. The summed E-state index contributed by atoms with van der Waals surface area (Å²) in [5.41, 5.74) is 0. The van der Waals surface area contributed by atoms with Gasteiger partial charge in [-0.1, -0.05) is 25.7 Å². The van der Waals surface area contributed by atoms with Crippen LogP contribution in [0.25, 0.3) is 0 Å². The average molecular weight is 291 g/mol. The van der Waals surface area contributed by atoms with Crippen molar-refractivity contribution in [3.8, 4) is 0 Å². The second-order valence-electron chi connectivity index (χ2n) is 8.36. The molecular weight excluding hydrogens is 258 g/mol. The summed E-state index contributed by atoms with van der Waals surface area (Å²) in [5, 5.41) is 0. The Kier molecular flexibility index (Phi) is 4.04. The van der Waals surface area contributed by atoms with Crippen LogP contribution in [0.1, 0.15) is 71.1 Å². The first-order chi connectivity index (χ1) is 10.3. The van der Waals surface area contributed by atoms with Gasteiger partial charge in [0, 0.05) is 18.0 Å². The fourth-order valence-electron chi connectivity index (χ4n) is 6.16. The smallest absolute Gasteiger partial charge is 0.0653 e. The molecule has 2 aliphatic carbocycles. The van der Waals surface area contributed by atoms with Crippen LogP contribution in [0, 0.1) is 17.8 Å². The minimum absolute atomic E-state index is 0.601. The van der Waals surface area contributed by atoms with E-state index in [9.17, 15) is 0 Å². The summed E-state index contributed by atoms with van der Waals surface area (Å²) < 4.78 is 6.69. The van der Waals surface area contributed by atoms with Crippen molar-refractivity contribution in [3.05, 3.63) is 0 Å². The van der Waals surface area contributed by atoms with Crippen molar-refractivity contribution in [2.45, 2.75) is 95.4 Å². The van der Waals surface area contributed by atoms with Crippen molar-refractivity contribution >= 4 is 0 Å². The fourth-order valence-corrected chi connectivity index (χ4v) is 6.16. The van der Waals surface area contributed by atoms with Crippen molar-refractivity contribution in [1.29, 1.82) is 0 Å². The number of nitrogens with zero attached hydrogens (tertiary/aromatic N) is 1. The second kappa shape index (κ2) is 5.85. The van der Waals surface area contributed by atoms with Crippen molar-refractivity contribution in [2.24, 2.45) is 17.8 Å². The van der Waals surface area contributed by atoms with E-state index < -0.39 is 0 Å². The Morgan fingerprint density at radius 1 is 0.762 bits per heavy atom. The lowest BCUT2D eigenvalue weighted by Gasteiger charge is -2.47. The molecule has 2 saturated carbocycles. The molecule has 2 aliphatic heterocycles. The standard InChI is InChI=1S/C19H33NO/c1-13-7-5-11-17(20(13)2)16-10-6-9-15-14-8-3-4-12-18(14)21-19(15)16/h13-19H,3-12H2,1-2H3. The molecule has 0 spiro atoms. The van der Waals surface area contributed by atoms with Gasteiger partial charge < -0.3 is 9.64 Å². The number of hydrogen-bond donors (Lipinski definition) is 0. The van der Waals surface area contributed by atoms with Gasteiger partial charge in [-0.15, -0.1) is 0 Å². The molecular formula is C19H33NO. The molecule has 4 aliphatic rings. The van der Waals surface area contributed by atoms with Crippen LogP contribution in [0.4, 0.5) is 0 Å². The van der Waals surface area contributed by atoms with Crippen molar-refractivity contribution in [3.63, 3.8) is 0 Å². The summed E-state index contributed by atoms with van der Waals surface area (Å²) >= 11 is 0. The molecule has 4 fully saturated rings. The number of ether oxygens (including phenoxy) is 1. The first-order valence-corrected chi connectivity index (χ1v) is 9.63. The highest BCUT2D eigenvalue weighted by Gasteiger charge is 2.51. The van der Waals surface area contributed by atoms with Crippen molar-refractivity contribution in [1.82, 2.24) is 4.90 Å². The van der Waals surface area contributed by atoms with Gasteiger partial charge in [-0.2, -0.15) is 0 Å². The van der Waals surface area contributed by atoms with Gasteiger partial charge in [0.05, 0.1) is 12.2 Å². The minimum atomic E-state index is 0.601. The van der Waals surface area contributed by atoms with E-state index in [2.05, 4.69) is 18.9 Å². The van der Waals surface area contributed by atoms with Crippen LogP contribution >= 0.6 is 0 Å². The van der Waals surface area contributed by atoms with Gasteiger partial charge in [0.1, 0.15) is 0 Å². The lowest BCUT2D eigenvalue weighted by molar-refractivity contribution is -0.0615. The number of fused-ring (bicyclic) bond motifs is 3. The van der Waals surface area contributed by atoms with Crippen LogP contribution in [0.5, 0.6) is 0 Å². The molecule has 2 nitrogen and oxygen atoms in total. The topological polar surface area (TPSA) is 12.5 Å². The van der Waals surface area contributed by atoms with Gasteiger partial charge in [0.2, 0.25) is 0 Å². The zero-order valence-corrected chi connectivity index (χ0v) is 14.0. The van der Waals surface area contributed by atoms with Crippen LogP contribution in [0.15, 0.2) is 0 Å². The van der Waals surface area contributed by atoms with Gasteiger partial charge in [0.25, 0.3) is 0 Å². The Hall–Kier alpha value is -0.0800. The maximum absolute atomic E-state index is 6.69. The normalized spacial score (nSPS) is 51.4. The molecule has 0 bridgehead atoms. The predicted octanol–water partition coefficient (Wildman–Crippen LogP) is 4.23. The third kappa shape index (κ3) is 2.47. The van der Waals surface area contributed by atoms with E-state index >= 15 is 0 Å². The first kappa shape index (κ1) is 14.5. The molecule has 0 aromatic carbocycles. The molecule has 7 atom stereocenters. The van der Waals surface area contributed by atoms with E-state index in [1.165, 1.54) is 64.2 Å². The van der Waals surface area contributed by atoms with Crippen LogP contribution < -0.4 is 0 Å². The van der Waals surface area contributed by atoms with Crippen LogP contribution in [0.3, 0.4) is 0 Å². The summed E-state index contributed by atoms with van der Waals surface area (Å²) in [5.74, 6) is 2.64. The van der Waals surface area contributed by atoms with Gasteiger partial charge in [-0.25, -0.2) is 0 Å². The summed E-state index contributed by atoms with van der Waals surface area (Å²) in [6.07, 6.45) is 15.4. The molecule has 0 aromatic rings. The van der Waals surface area contributed by atoms with Crippen molar-refractivity contribution < 1.29 is 4.74 Å². The van der Waals surface area contributed by atoms with Gasteiger partial charge in [-0.3, -0.25) is 0 Å². The van der Waals surface area contributed by atoms with E-state index in [1.807, 2.05) is 0 Å². The fraction of sp³-hybridized carbons (Fsp3) is 1.00. The molecule has 2 heterocycles. The lowest BCUT2D eigenvalue weighted by atomic mass is 9.67. The van der Waals surface area contributed by atoms with E-state index in [0.29, 0.717) is 12.2 Å². The number of likely N-dealkylation sites (tertiary alicyclic amines) is 1. The second-order valence-corrected chi connectivity index (χ2v) is 8.36. The molecule has 0 radical (unpaired) electrons. The third-order valence-electron chi connectivity index (χ3n) is 7.39. The largest absolute Gasteiger partial charge is 0.374 e. The van der Waals surface area contributed by atoms with Gasteiger partial charge >= 0.3 is 0 Å². The predicted molar refractivity (Wildman–Crippen MR) is 86.3 cm³/mol. The Balaban J connectivity index is 1.53. The monoisotopic (exact) mass is 291 g/mol. The lowest BCUT2D eigenvalue weighted by Crippen LogP contribution is -2.51. The number of rotatable bonds is 1. The van der Waals surface area contributed by atoms with E-state index in [1.54, 1.807) is 0 Å². The highest BCUT2D eigenvalue weighted by molar-refractivity contribution is 5.01. The zero-order chi connectivity index (χ0) is 14.4. The Morgan fingerprint density at radius 2 is 1.48 bits per heavy atom. The number of hydrogen-bond acceptors (Lipinski definition) is 2. The Labute approximate surface area is 130 Å². The zero-order valence-electron chi connectivity index (χ0n) is 14.0. The van der Waals surface area contributed by atoms with Crippen LogP contribution in [-0.4, -0.2) is 36.2 Å². The molecule has 0 aromatic heterocycles.